The number of carbonyl (C=O) groups excluding carboxylic acids is 1. The average molecular weight is 615 g/mol. The molecule has 0 unspecified atom stereocenters. The number of benzene rings is 1. The lowest BCUT2D eigenvalue weighted by Crippen LogP contribution is -2.37. The van der Waals surface area contributed by atoms with Crippen molar-refractivity contribution in [3.63, 3.8) is 0 Å². The van der Waals surface area contributed by atoms with Crippen LogP contribution in [-0.4, -0.2) is 49.4 Å². The molecule has 2 N–H and O–H groups in total. The molecule has 4 aliphatic rings. The molecule has 1 aromatic carbocycles. The van der Waals surface area contributed by atoms with E-state index in [2.05, 4.69) is 10.2 Å². The summed E-state index contributed by atoms with van der Waals surface area (Å²) < 4.78 is 18.8. The number of pyridine rings is 1. The lowest BCUT2D eigenvalue weighted by atomic mass is 9.91. The van der Waals surface area contributed by atoms with Gasteiger partial charge in [-0.15, -0.1) is 11.3 Å². The highest BCUT2D eigenvalue weighted by molar-refractivity contribution is 7.14. The van der Waals surface area contributed by atoms with Gasteiger partial charge in [-0.3, -0.25) is 19.2 Å². The van der Waals surface area contributed by atoms with Crippen LogP contribution in [0.2, 0.25) is 0 Å². The van der Waals surface area contributed by atoms with Crippen LogP contribution in [-0.2, 0) is 46.0 Å². The van der Waals surface area contributed by atoms with Crippen molar-refractivity contribution in [2.45, 2.75) is 70.7 Å². The molecule has 0 radical (unpaired) electrons. The molecule has 44 heavy (non-hydrogen) atoms. The van der Waals surface area contributed by atoms with Crippen molar-refractivity contribution in [2.75, 3.05) is 23.3 Å². The highest BCUT2D eigenvalue weighted by atomic mass is 32.1. The summed E-state index contributed by atoms with van der Waals surface area (Å²) in [6.45, 7) is 2.65. The number of amides is 1. The van der Waals surface area contributed by atoms with Crippen molar-refractivity contribution in [1.29, 1.82) is 0 Å². The summed E-state index contributed by atoms with van der Waals surface area (Å²) in [6.07, 6.45) is 9.18. The molecule has 4 aromatic rings. The van der Waals surface area contributed by atoms with Crippen LogP contribution in [0.4, 0.5) is 21.6 Å². The van der Waals surface area contributed by atoms with E-state index in [-0.39, 0.29) is 18.1 Å². The summed E-state index contributed by atoms with van der Waals surface area (Å²) in [5.74, 6) is -0.0621. The summed E-state index contributed by atoms with van der Waals surface area (Å²) in [5, 5.41) is 18.5. The van der Waals surface area contributed by atoms with E-state index in [1.54, 1.807) is 35.5 Å². The summed E-state index contributed by atoms with van der Waals surface area (Å²) in [7, 11) is 1.65. The van der Waals surface area contributed by atoms with Gasteiger partial charge in [-0.25, -0.2) is 4.39 Å². The minimum atomic E-state index is -0.512. The third-order valence-corrected chi connectivity index (χ3v) is 10.9. The third-order valence-electron chi connectivity index (χ3n) is 9.59. The number of hydrogen-bond donors (Lipinski definition) is 2. The third kappa shape index (κ3) is 4.69. The number of anilines is 3. The van der Waals surface area contributed by atoms with E-state index >= 15 is 4.39 Å². The molecule has 3 aromatic heterocycles. The first-order chi connectivity index (χ1) is 21.4. The zero-order valence-electron chi connectivity index (χ0n) is 24.7. The molecule has 1 amide bonds. The maximum Gasteiger partial charge on any atom is 0.274 e. The fourth-order valence-corrected chi connectivity index (χ4v) is 8.61. The number of aliphatic hydroxyl groups excluding tert-OH is 1. The van der Waals surface area contributed by atoms with Gasteiger partial charge in [0.15, 0.2) is 5.82 Å². The molecule has 2 aliphatic carbocycles. The summed E-state index contributed by atoms with van der Waals surface area (Å²) in [6, 6.07) is 7.04. The molecule has 1 saturated carbocycles. The molecule has 2 aliphatic heterocycles. The van der Waals surface area contributed by atoms with Gasteiger partial charge in [-0.1, -0.05) is 0 Å². The number of aromatic nitrogens is 3. The molecule has 9 nitrogen and oxygen atoms in total. The highest BCUT2D eigenvalue weighted by Crippen LogP contribution is 2.41. The molecule has 5 heterocycles. The quantitative estimate of drug-likeness (QED) is 0.326. The Hall–Kier alpha value is -3.80. The van der Waals surface area contributed by atoms with Gasteiger partial charge in [0.2, 0.25) is 0 Å². The normalized spacial score (nSPS) is 18.2. The van der Waals surface area contributed by atoms with E-state index in [9.17, 15) is 14.7 Å². The van der Waals surface area contributed by atoms with Gasteiger partial charge in [0, 0.05) is 61.0 Å². The summed E-state index contributed by atoms with van der Waals surface area (Å²) in [4.78, 5) is 33.2. The Morgan fingerprint density at radius 1 is 1.05 bits per heavy atom. The van der Waals surface area contributed by atoms with E-state index in [1.165, 1.54) is 40.0 Å². The Bertz CT molecular complexity index is 1870. The van der Waals surface area contributed by atoms with Crippen LogP contribution < -0.4 is 15.8 Å². The van der Waals surface area contributed by atoms with Crippen molar-refractivity contribution in [3.8, 4) is 11.1 Å². The van der Waals surface area contributed by atoms with Crippen LogP contribution in [0, 0.1) is 5.82 Å². The monoisotopic (exact) mass is 614 g/mol. The fraction of sp³-hybridized carbons (Fsp3) is 0.424. The van der Waals surface area contributed by atoms with Crippen molar-refractivity contribution in [1.82, 2.24) is 19.2 Å². The van der Waals surface area contributed by atoms with Crippen molar-refractivity contribution in [3.05, 3.63) is 78.8 Å². The molecule has 11 heteroatoms. The molecule has 8 rings (SSSR count). The van der Waals surface area contributed by atoms with Gasteiger partial charge < -0.3 is 19.9 Å². The minimum absolute atomic E-state index is 0.135. The van der Waals surface area contributed by atoms with E-state index in [0.29, 0.717) is 52.9 Å². The van der Waals surface area contributed by atoms with Gasteiger partial charge in [-0.05, 0) is 79.8 Å². The molecule has 0 saturated heterocycles. The summed E-state index contributed by atoms with van der Waals surface area (Å²) in [5.41, 5.74) is 5.48. The Kier molecular flexibility index (Phi) is 6.73. The number of thiophene rings is 1. The van der Waals surface area contributed by atoms with E-state index in [0.717, 1.165) is 61.5 Å². The Labute approximate surface area is 258 Å². The zero-order chi connectivity index (χ0) is 30.1. The first-order valence-electron chi connectivity index (χ1n) is 15.6. The molecule has 228 valence electrons. The fourth-order valence-electron chi connectivity index (χ4n) is 7.22. The van der Waals surface area contributed by atoms with Crippen LogP contribution in [0.25, 0.3) is 11.1 Å². The minimum Gasteiger partial charge on any atom is -0.392 e. The van der Waals surface area contributed by atoms with Gasteiger partial charge in [0.1, 0.15) is 11.5 Å². The second-order valence-corrected chi connectivity index (χ2v) is 13.6. The second-order valence-electron chi connectivity index (χ2n) is 12.5. The number of nitrogens with one attached hydrogen (secondary N) is 1. The van der Waals surface area contributed by atoms with Crippen molar-refractivity contribution < 1.29 is 14.3 Å². The SMILES string of the molecule is Cn1cc(-c2cc(F)cc(N3CCc4c(sc5c4CCCC5)C3=O)c2CO)cc(Nc2cc3n(n2)CCN(C2CC2)C3)c1=O. The number of halogens is 1. The van der Waals surface area contributed by atoms with Crippen molar-refractivity contribution >= 4 is 34.4 Å². The van der Waals surface area contributed by atoms with E-state index in [4.69, 9.17) is 5.10 Å². The second kappa shape index (κ2) is 10.7. The highest BCUT2D eigenvalue weighted by Gasteiger charge is 2.34. The molecule has 0 atom stereocenters. The van der Waals surface area contributed by atoms with Crippen LogP contribution in [0.1, 0.15) is 62.6 Å². The maximum absolute atomic E-state index is 15.3. The number of fused-ring (bicyclic) bond motifs is 4. The number of nitrogens with zero attached hydrogens (tertiary/aromatic N) is 5. The molecule has 0 spiro atoms. The van der Waals surface area contributed by atoms with Gasteiger partial charge in [0.25, 0.3) is 11.5 Å². The zero-order valence-corrected chi connectivity index (χ0v) is 25.6. The summed E-state index contributed by atoms with van der Waals surface area (Å²) >= 11 is 1.58. The number of carbonyl (C=O) groups is 1. The average Bonchev–Trinajstić information content (AvgIpc) is 3.69. The van der Waals surface area contributed by atoms with Crippen LogP contribution in [0.5, 0.6) is 0 Å². The number of rotatable bonds is 6. The molecular weight excluding hydrogens is 579 g/mol. The molecule has 1 fully saturated rings. The Morgan fingerprint density at radius 3 is 2.70 bits per heavy atom. The standard InChI is InChI=1S/C33H35FN6O3S/c1-37-16-19(12-27(32(37)42)35-30-15-22-17-38(21-6-7-21)10-11-40(22)36-30)25-13-20(34)14-28(26(25)18-41)39-9-8-24-23-4-2-3-5-29(23)44-31(24)33(39)43/h12-16,21,41H,2-11,17-18H2,1H3,(H,35,36). The topological polar surface area (TPSA) is 95.6 Å². The van der Waals surface area contributed by atoms with Crippen LogP contribution in [0.3, 0.4) is 0 Å². The lowest BCUT2D eigenvalue weighted by Gasteiger charge is -2.30. The van der Waals surface area contributed by atoms with Gasteiger partial charge in [0.05, 0.1) is 29.4 Å². The smallest absolute Gasteiger partial charge is 0.274 e. The van der Waals surface area contributed by atoms with Gasteiger partial charge >= 0.3 is 0 Å². The Balaban J connectivity index is 1.14. The van der Waals surface area contributed by atoms with Gasteiger partial charge in [-0.2, -0.15) is 5.10 Å². The van der Waals surface area contributed by atoms with Crippen LogP contribution in [0.15, 0.2) is 35.3 Å². The number of aryl methyl sites for hydroxylation is 2. The maximum atomic E-state index is 15.3. The van der Waals surface area contributed by atoms with Crippen LogP contribution >= 0.6 is 11.3 Å². The van der Waals surface area contributed by atoms with E-state index in [1.807, 2.05) is 10.7 Å². The van der Waals surface area contributed by atoms with Crippen molar-refractivity contribution in [2.24, 2.45) is 7.05 Å². The predicted molar refractivity (Wildman–Crippen MR) is 168 cm³/mol. The largest absolute Gasteiger partial charge is 0.392 e. The molecule has 0 bridgehead atoms. The number of hydrogen-bond acceptors (Lipinski definition) is 7. The first kappa shape index (κ1) is 27.7. The predicted octanol–water partition coefficient (Wildman–Crippen LogP) is 4.75. The van der Waals surface area contributed by atoms with E-state index < -0.39 is 5.82 Å². The number of aliphatic hydroxyl groups is 1. The Morgan fingerprint density at radius 2 is 1.89 bits per heavy atom. The molecular formula is C33H35FN6O3S. The first-order valence-corrected chi connectivity index (χ1v) is 16.4. The lowest BCUT2D eigenvalue weighted by molar-refractivity contribution is 0.0984.